The van der Waals surface area contributed by atoms with E-state index >= 15 is 0 Å². The zero-order valence-corrected chi connectivity index (χ0v) is 13.5. The van der Waals surface area contributed by atoms with Crippen molar-refractivity contribution in [2.75, 3.05) is 31.6 Å². The average molecular weight is 327 g/mol. The molecule has 0 aliphatic carbocycles. The third-order valence-corrected chi connectivity index (χ3v) is 4.32. The van der Waals surface area contributed by atoms with Crippen LogP contribution in [0.4, 0.5) is 5.69 Å². The number of hydrogen-bond acceptors (Lipinski definition) is 3. The van der Waals surface area contributed by atoms with Crippen LogP contribution >= 0.6 is 15.9 Å². The standard InChI is InChI=1S/C15H23BrN2O/c1-4-13-10-18(7-8-19-13)15-6-5-12(16)9-14(15)11(2)17-3/h5-6,9,11,13,17H,4,7-8,10H2,1-3H3. The summed E-state index contributed by atoms with van der Waals surface area (Å²) in [5, 5.41) is 3.33. The molecule has 0 radical (unpaired) electrons. The molecule has 0 amide bonds. The molecule has 1 aliphatic heterocycles. The predicted octanol–water partition coefficient (Wildman–Crippen LogP) is 3.34. The molecule has 1 saturated heterocycles. The molecule has 0 spiro atoms. The molecule has 4 heteroatoms. The van der Waals surface area contributed by atoms with Crippen LogP contribution in [0.5, 0.6) is 0 Å². The molecule has 0 bridgehead atoms. The Hall–Kier alpha value is -0.580. The molecule has 1 fully saturated rings. The molecule has 1 aliphatic rings. The van der Waals surface area contributed by atoms with Gasteiger partial charge in [0, 0.05) is 29.3 Å². The van der Waals surface area contributed by atoms with Gasteiger partial charge in [-0.25, -0.2) is 0 Å². The van der Waals surface area contributed by atoms with E-state index in [1.54, 1.807) is 0 Å². The first-order chi connectivity index (χ1) is 9.15. The minimum Gasteiger partial charge on any atom is -0.375 e. The van der Waals surface area contributed by atoms with Crippen LogP contribution in [0.25, 0.3) is 0 Å². The predicted molar refractivity (Wildman–Crippen MR) is 83.9 cm³/mol. The van der Waals surface area contributed by atoms with Gasteiger partial charge in [0.05, 0.1) is 12.7 Å². The summed E-state index contributed by atoms with van der Waals surface area (Å²) in [7, 11) is 2.00. The third kappa shape index (κ3) is 3.50. The van der Waals surface area contributed by atoms with Crippen molar-refractivity contribution in [2.45, 2.75) is 32.4 Å². The molecule has 106 valence electrons. The fraction of sp³-hybridized carbons (Fsp3) is 0.600. The second kappa shape index (κ2) is 6.73. The maximum absolute atomic E-state index is 5.76. The molecule has 2 rings (SSSR count). The van der Waals surface area contributed by atoms with Crippen molar-refractivity contribution < 1.29 is 4.74 Å². The van der Waals surface area contributed by atoms with Crippen LogP contribution in [0.1, 0.15) is 31.9 Å². The van der Waals surface area contributed by atoms with E-state index in [9.17, 15) is 0 Å². The molecular weight excluding hydrogens is 304 g/mol. The number of rotatable bonds is 4. The van der Waals surface area contributed by atoms with Crippen molar-refractivity contribution >= 4 is 21.6 Å². The lowest BCUT2D eigenvalue weighted by Crippen LogP contribution is -2.42. The molecule has 19 heavy (non-hydrogen) atoms. The largest absolute Gasteiger partial charge is 0.375 e. The molecule has 1 heterocycles. The Kier molecular flexibility index (Phi) is 5.25. The molecule has 1 aromatic rings. The van der Waals surface area contributed by atoms with Crippen LogP contribution in [0.3, 0.4) is 0 Å². The van der Waals surface area contributed by atoms with E-state index in [1.807, 2.05) is 7.05 Å². The minimum atomic E-state index is 0.343. The van der Waals surface area contributed by atoms with Gasteiger partial charge in [-0.2, -0.15) is 0 Å². The first-order valence-corrected chi connectivity index (χ1v) is 7.78. The van der Waals surface area contributed by atoms with Crippen LogP contribution in [0.15, 0.2) is 22.7 Å². The molecule has 1 N–H and O–H groups in total. The average Bonchev–Trinajstić information content (AvgIpc) is 2.46. The lowest BCUT2D eigenvalue weighted by atomic mass is 10.0. The summed E-state index contributed by atoms with van der Waals surface area (Å²) in [6, 6.07) is 6.89. The number of benzene rings is 1. The number of halogens is 1. The van der Waals surface area contributed by atoms with E-state index in [0.717, 1.165) is 30.6 Å². The van der Waals surface area contributed by atoms with Crippen molar-refractivity contribution in [3.63, 3.8) is 0 Å². The normalized spacial score (nSPS) is 21.5. The van der Waals surface area contributed by atoms with E-state index in [4.69, 9.17) is 4.74 Å². The van der Waals surface area contributed by atoms with Gasteiger partial charge in [-0.1, -0.05) is 22.9 Å². The third-order valence-electron chi connectivity index (χ3n) is 3.82. The first-order valence-electron chi connectivity index (χ1n) is 6.99. The monoisotopic (exact) mass is 326 g/mol. The van der Waals surface area contributed by atoms with Crippen LogP contribution in [-0.4, -0.2) is 32.8 Å². The Labute approximate surface area is 124 Å². The smallest absolute Gasteiger partial charge is 0.0748 e. The topological polar surface area (TPSA) is 24.5 Å². The summed E-state index contributed by atoms with van der Waals surface area (Å²) in [5.74, 6) is 0. The van der Waals surface area contributed by atoms with Gasteiger partial charge in [-0.3, -0.25) is 0 Å². The Morgan fingerprint density at radius 1 is 1.53 bits per heavy atom. The summed E-state index contributed by atoms with van der Waals surface area (Å²) in [4.78, 5) is 2.45. The van der Waals surface area contributed by atoms with Crippen molar-refractivity contribution in [1.82, 2.24) is 5.32 Å². The summed E-state index contributed by atoms with van der Waals surface area (Å²) in [6.45, 7) is 7.17. The number of ether oxygens (including phenoxy) is 1. The number of hydrogen-bond donors (Lipinski definition) is 1. The molecule has 0 saturated carbocycles. The highest BCUT2D eigenvalue weighted by atomic mass is 79.9. The number of morpholine rings is 1. The molecule has 2 unspecified atom stereocenters. The highest BCUT2D eigenvalue weighted by Gasteiger charge is 2.22. The highest BCUT2D eigenvalue weighted by Crippen LogP contribution is 2.30. The zero-order valence-electron chi connectivity index (χ0n) is 11.9. The van der Waals surface area contributed by atoms with Gasteiger partial charge in [0.25, 0.3) is 0 Å². The summed E-state index contributed by atoms with van der Waals surface area (Å²) in [6.07, 6.45) is 1.43. The fourth-order valence-corrected chi connectivity index (χ4v) is 2.88. The lowest BCUT2D eigenvalue weighted by molar-refractivity contribution is 0.0383. The van der Waals surface area contributed by atoms with Gasteiger partial charge >= 0.3 is 0 Å². The van der Waals surface area contributed by atoms with E-state index in [1.165, 1.54) is 11.3 Å². The number of anilines is 1. The Bertz CT molecular complexity index is 425. The Balaban J connectivity index is 2.27. The second-order valence-corrected chi connectivity index (χ2v) is 5.98. The van der Waals surface area contributed by atoms with Gasteiger partial charge in [-0.15, -0.1) is 0 Å². The molecular formula is C15H23BrN2O. The van der Waals surface area contributed by atoms with Gasteiger partial charge in [0.2, 0.25) is 0 Å². The molecule has 0 aromatic heterocycles. The lowest BCUT2D eigenvalue weighted by Gasteiger charge is -2.36. The fourth-order valence-electron chi connectivity index (χ4n) is 2.50. The Morgan fingerprint density at radius 2 is 2.32 bits per heavy atom. The molecule has 1 aromatic carbocycles. The van der Waals surface area contributed by atoms with E-state index in [0.29, 0.717) is 12.1 Å². The quantitative estimate of drug-likeness (QED) is 0.918. The summed E-state index contributed by atoms with van der Waals surface area (Å²) < 4.78 is 6.90. The number of nitrogens with zero attached hydrogens (tertiary/aromatic N) is 1. The van der Waals surface area contributed by atoms with Crippen molar-refractivity contribution in [3.8, 4) is 0 Å². The van der Waals surface area contributed by atoms with Gasteiger partial charge in [-0.05, 0) is 44.2 Å². The van der Waals surface area contributed by atoms with Crippen molar-refractivity contribution in [1.29, 1.82) is 0 Å². The Morgan fingerprint density at radius 3 is 3.00 bits per heavy atom. The van der Waals surface area contributed by atoms with Crippen LogP contribution < -0.4 is 10.2 Å². The highest BCUT2D eigenvalue weighted by molar-refractivity contribution is 9.10. The zero-order chi connectivity index (χ0) is 13.8. The van der Waals surface area contributed by atoms with Crippen molar-refractivity contribution in [2.24, 2.45) is 0 Å². The summed E-state index contributed by atoms with van der Waals surface area (Å²) in [5.41, 5.74) is 2.67. The van der Waals surface area contributed by atoms with E-state index in [-0.39, 0.29) is 0 Å². The van der Waals surface area contributed by atoms with Gasteiger partial charge < -0.3 is 15.0 Å². The van der Waals surface area contributed by atoms with Gasteiger partial charge in [0.15, 0.2) is 0 Å². The van der Waals surface area contributed by atoms with Crippen LogP contribution in [-0.2, 0) is 4.74 Å². The second-order valence-electron chi connectivity index (χ2n) is 5.06. The molecule has 2 atom stereocenters. The maximum atomic E-state index is 5.76. The minimum absolute atomic E-state index is 0.343. The van der Waals surface area contributed by atoms with Crippen LogP contribution in [0.2, 0.25) is 0 Å². The van der Waals surface area contributed by atoms with Crippen LogP contribution in [0, 0.1) is 0 Å². The first kappa shape index (κ1) is 14.8. The number of nitrogens with one attached hydrogen (secondary N) is 1. The van der Waals surface area contributed by atoms with E-state index < -0.39 is 0 Å². The van der Waals surface area contributed by atoms with E-state index in [2.05, 4.69) is 58.2 Å². The summed E-state index contributed by atoms with van der Waals surface area (Å²) >= 11 is 3.57. The molecule has 3 nitrogen and oxygen atoms in total. The van der Waals surface area contributed by atoms with Crippen molar-refractivity contribution in [3.05, 3.63) is 28.2 Å². The van der Waals surface area contributed by atoms with Gasteiger partial charge in [0.1, 0.15) is 0 Å². The maximum Gasteiger partial charge on any atom is 0.0748 e. The SMILES string of the molecule is CCC1CN(c2ccc(Br)cc2C(C)NC)CCO1.